The van der Waals surface area contributed by atoms with Crippen molar-refractivity contribution in [3.8, 4) is 11.5 Å². The molecular formula is C26H28N4O6. The number of amides is 4. The van der Waals surface area contributed by atoms with E-state index >= 15 is 0 Å². The van der Waals surface area contributed by atoms with Crippen LogP contribution in [0.5, 0.6) is 11.5 Å². The van der Waals surface area contributed by atoms with Crippen molar-refractivity contribution in [1.29, 1.82) is 0 Å². The summed E-state index contributed by atoms with van der Waals surface area (Å²) in [5.41, 5.74) is 1.62. The van der Waals surface area contributed by atoms with Gasteiger partial charge >= 0.3 is 6.03 Å². The fourth-order valence-corrected chi connectivity index (χ4v) is 5.89. The maximum absolute atomic E-state index is 14.0. The fourth-order valence-electron chi connectivity index (χ4n) is 5.89. The summed E-state index contributed by atoms with van der Waals surface area (Å²) in [5.74, 6) is 0.475. The van der Waals surface area contributed by atoms with Crippen LogP contribution in [0.3, 0.4) is 0 Å². The molecule has 0 saturated carbocycles. The number of para-hydroxylation sites is 1. The molecule has 1 spiro atoms. The minimum atomic E-state index is -1.41. The third-order valence-electron chi connectivity index (χ3n) is 7.66. The largest absolute Gasteiger partial charge is 0.454 e. The van der Waals surface area contributed by atoms with E-state index in [-0.39, 0.29) is 26.4 Å². The number of hydrogen-bond acceptors (Lipinski definition) is 8. The van der Waals surface area contributed by atoms with Gasteiger partial charge in [0.25, 0.3) is 0 Å². The predicted molar refractivity (Wildman–Crippen MR) is 129 cm³/mol. The molecule has 6 rings (SSSR count). The molecule has 0 radical (unpaired) electrons. The first-order valence-corrected chi connectivity index (χ1v) is 12.1. The Labute approximate surface area is 208 Å². The molecule has 4 heterocycles. The highest BCUT2D eigenvalue weighted by atomic mass is 16.7. The van der Waals surface area contributed by atoms with Gasteiger partial charge in [0.1, 0.15) is 0 Å². The van der Waals surface area contributed by atoms with Crippen LogP contribution in [-0.4, -0.2) is 80.4 Å². The first kappa shape index (κ1) is 22.8. The second-order valence-corrected chi connectivity index (χ2v) is 9.62. The second-order valence-electron chi connectivity index (χ2n) is 9.62. The monoisotopic (exact) mass is 492 g/mol. The van der Waals surface area contributed by atoms with Crippen molar-refractivity contribution in [3.63, 3.8) is 0 Å². The molecule has 4 aliphatic rings. The summed E-state index contributed by atoms with van der Waals surface area (Å²) in [5, 5.41) is 2.48. The van der Waals surface area contributed by atoms with Crippen molar-refractivity contribution in [2.24, 2.45) is 5.41 Å². The van der Waals surface area contributed by atoms with E-state index in [0.29, 0.717) is 19.6 Å². The summed E-state index contributed by atoms with van der Waals surface area (Å²) < 4.78 is 16.1. The van der Waals surface area contributed by atoms with Gasteiger partial charge in [0.05, 0.1) is 19.2 Å². The average Bonchev–Trinajstić information content (AvgIpc) is 3.35. The fraction of sp³-hybridized carbons (Fsp3) is 0.423. The Hall–Kier alpha value is -3.63. The molecule has 36 heavy (non-hydrogen) atoms. The number of urea groups is 1. The summed E-state index contributed by atoms with van der Waals surface area (Å²) in [6.07, 6.45) is 0.240. The number of nitrogens with one attached hydrogen (secondary N) is 1. The Morgan fingerprint density at radius 2 is 1.92 bits per heavy atom. The number of barbiturate groups is 1. The number of benzene rings is 2. The highest BCUT2D eigenvalue weighted by molar-refractivity contribution is 6.20. The van der Waals surface area contributed by atoms with Crippen LogP contribution in [0, 0.1) is 5.41 Å². The van der Waals surface area contributed by atoms with Gasteiger partial charge in [-0.1, -0.05) is 24.3 Å². The highest BCUT2D eigenvalue weighted by Gasteiger charge is 2.62. The zero-order chi connectivity index (χ0) is 24.9. The van der Waals surface area contributed by atoms with Gasteiger partial charge in [-0.05, 0) is 35.7 Å². The molecule has 0 bridgehead atoms. The number of rotatable bonds is 5. The lowest BCUT2D eigenvalue weighted by Crippen LogP contribution is -2.75. The van der Waals surface area contributed by atoms with Crippen LogP contribution in [0.4, 0.5) is 10.5 Å². The number of piperazine rings is 1. The highest BCUT2D eigenvalue weighted by Crippen LogP contribution is 2.45. The number of carbonyl (C=O) groups is 3. The van der Waals surface area contributed by atoms with Crippen LogP contribution in [-0.2, 0) is 27.3 Å². The topological polar surface area (TPSA) is 101 Å². The van der Waals surface area contributed by atoms with Gasteiger partial charge < -0.3 is 19.1 Å². The molecular weight excluding hydrogens is 464 g/mol. The zero-order valence-corrected chi connectivity index (χ0v) is 20.1. The molecule has 2 atom stereocenters. The van der Waals surface area contributed by atoms with Crippen LogP contribution >= 0.6 is 0 Å². The van der Waals surface area contributed by atoms with Crippen LogP contribution in [0.15, 0.2) is 42.5 Å². The normalized spacial score (nSPS) is 25.1. The minimum Gasteiger partial charge on any atom is -0.454 e. The summed E-state index contributed by atoms with van der Waals surface area (Å²) in [6, 6.07) is 12.7. The van der Waals surface area contributed by atoms with Crippen molar-refractivity contribution >= 4 is 23.5 Å². The van der Waals surface area contributed by atoms with Gasteiger partial charge in [0, 0.05) is 39.0 Å². The van der Waals surface area contributed by atoms with E-state index in [0.717, 1.165) is 39.8 Å². The van der Waals surface area contributed by atoms with Crippen LogP contribution in [0.1, 0.15) is 11.1 Å². The van der Waals surface area contributed by atoms with Gasteiger partial charge in [0.15, 0.2) is 16.9 Å². The van der Waals surface area contributed by atoms with E-state index in [1.165, 1.54) is 7.11 Å². The quantitative estimate of drug-likeness (QED) is 0.625. The third kappa shape index (κ3) is 3.51. The summed E-state index contributed by atoms with van der Waals surface area (Å²) in [7, 11) is 1.51. The molecule has 10 nitrogen and oxygen atoms in total. The molecule has 4 amide bonds. The number of ether oxygens (including phenoxy) is 3. The van der Waals surface area contributed by atoms with Crippen molar-refractivity contribution in [3.05, 3.63) is 53.6 Å². The Morgan fingerprint density at radius 1 is 1.08 bits per heavy atom. The van der Waals surface area contributed by atoms with Crippen molar-refractivity contribution < 1.29 is 28.6 Å². The molecule has 10 heteroatoms. The van der Waals surface area contributed by atoms with E-state index in [9.17, 15) is 14.4 Å². The molecule has 0 aliphatic carbocycles. The summed E-state index contributed by atoms with van der Waals surface area (Å²) in [6.45, 7) is 3.06. The molecule has 188 valence electrons. The maximum atomic E-state index is 14.0. The van der Waals surface area contributed by atoms with E-state index in [1.807, 2.05) is 42.5 Å². The van der Waals surface area contributed by atoms with Gasteiger partial charge in [0.2, 0.25) is 18.6 Å². The van der Waals surface area contributed by atoms with Crippen molar-refractivity contribution in [1.82, 2.24) is 15.1 Å². The van der Waals surface area contributed by atoms with Crippen LogP contribution in [0.2, 0.25) is 0 Å². The first-order valence-electron chi connectivity index (χ1n) is 12.1. The van der Waals surface area contributed by atoms with Crippen molar-refractivity contribution in [2.75, 3.05) is 51.6 Å². The van der Waals surface area contributed by atoms with Crippen LogP contribution < -0.4 is 19.7 Å². The van der Waals surface area contributed by atoms with Gasteiger partial charge in [-0.25, -0.2) is 4.79 Å². The molecule has 2 saturated heterocycles. The predicted octanol–water partition coefficient (Wildman–Crippen LogP) is 1.37. The number of imide groups is 2. The van der Waals surface area contributed by atoms with Crippen LogP contribution in [0.25, 0.3) is 0 Å². The van der Waals surface area contributed by atoms with Gasteiger partial charge in [-0.15, -0.1) is 0 Å². The van der Waals surface area contributed by atoms with Gasteiger partial charge in [-0.2, -0.15) is 0 Å². The molecule has 2 aromatic carbocycles. The maximum Gasteiger partial charge on any atom is 0.330 e. The van der Waals surface area contributed by atoms with E-state index < -0.39 is 29.3 Å². The number of fused-ring (bicyclic) bond motifs is 5. The molecule has 2 aromatic rings. The van der Waals surface area contributed by atoms with E-state index in [1.54, 1.807) is 0 Å². The number of carbonyl (C=O) groups excluding carboxylic acids is 3. The lowest BCUT2D eigenvalue weighted by atomic mass is 9.67. The lowest BCUT2D eigenvalue weighted by molar-refractivity contribution is -0.155. The third-order valence-corrected chi connectivity index (χ3v) is 7.66. The Bertz CT molecular complexity index is 1230. The van der Waals surface area contributed by atoms with E-state index in [2.05, 4.69) is 15.1 Å². The number of methoxy groups -OCH3 is 1. The Kier molecular flexibility index (Phi) is 5.57. The molecule has 2 fully saturated rings. The average molecular weight is 493 g/mol. The number of anilines is 1. The summed E-state index contributed by atoms with van der Waals surface area (Å²) >= 11 is 0. The van der Waals surface area contributed by atoms with Crippen molar-refractivity contribution in [2.45, 2.75) is 19.0 Å². The summed E-state index contributed by atoms with van der Waals surface area (Å²) in [4.78, 5) is 45.8. The Morgan fingerprint density at radius 3 is 2.78 bits per heavy atom. The van der Waals surface area contributed by atoms with E-state index in [4.69, 9.17) is 14.2 Å². The van der Waals surface area contributed by atoms with Gasteiger partial charge in [-0.3, -0.25) is 24.7 Å². The number of nitrogens with zero attached hydrogens (tertiary/aromatic N) is 3. The standard InChI is InChI=1S/C26H28N4O6/c1-34-11-10-30-24(32)26(23(31)27-25(30)33)13-18-4-2-3-5-19(18)29-9-8-28(15-22(26)29)14-17-6-7-20-21(12-17)36-16-35-20/h2-7,12,22H,8-11,13-16H2,1H3,(H,27,31,33)/t22-,26+/m0/s1. The molecule has 0 aromatic heterocycles. The first-order chi connectivity index (χ1) is 17.5. The Balaban J connectivity index is 1.35. The SMILES string of the molecule is COCCN1C(=O)NC(=O)[C@]2(Cc3ccccc3N3CCN(Cc4ccc5c(c4)OCO5)C[C@H]32)C1=O. The smallest absolute Gasteiger partial charge is 0.330 e. The zero-order valence-electron chi connectivity index (χ0n) is 20.1. The molecule has 1 N–H and O–H groups in total. The lowest BCUT2D eigenvalue weighted by Gasteiger charge is -2.55. The molecule has 0 unspecified atom stereocenters. The molecule has 4 aliphatic heterocycles. The minimum absolute atomic E-state index is 0.0888. The number of hydrogen-bond donors (Lipinski definition) is 1. The second kappa shape index (κ2) is 8.79.